The van der Waals surface area contributed by atoms with E-state index in [2.05, 4.69) is 50.3 Å². The van der Waals surface area contributed by atoms with E-state index in [4.69, 9.17) is 9.47 Å². The lowest BCUT2D eigenvalue weighted by atomic mass is 10.0. The summed E-state index contributed by atoms with van der Waals surface area (Å²) < 4.78 is 10.6. The van der Waals surface area contributed by atoms with Crippen LogP contribution in [0.3, 0.4) is 0 Å². The molecule has 0 saturated heterocycles. The van der Waals surface area contributed by atoms with Crippen LogP contribution in [0.2, 0.25) is 0 Å². The lowest BCUT2D eigenvalue weighted by Gasteiger charge is -2.15. The summed E-state index contributed by atoms with van der Waals surface area (Å²) in [6.07, 6.45) is 44.9. The van der Waals surface area contributed by atoms with Gasteiger partial charge in [0, 0.05) is 12.8 Å². The average Bonchev–Trinajstić information content (AvgIpc) is 3.06. The molecular formula is C41H74O5. The third kappa shape index (κ3) is 35.0. The topological polar surface area (TPSA) is 72.8 Å². The Morgan fingerprint density at radius 3 is 1.41 bits per heavy atom. The molecule has 0 rings (SSSR count). The second-order valence-electron chi connectivity index (χ2n) is 13.0. The van der Waals surface area contributed by atoms with Crippen molar-refractivity contribution in [2.45, 2.75) is 200 Å². The molecule has 46 heavy (non-hydrogen) atoms. The van der Waals surface area contributed by atoms with Gasteiger partial charge in [-0.3, -0.25) is 9.59 Å². The smallest absolute Gasteiger partial charge is 0.306 e. The summed E-state index contributed by atoms with van der Waals surface area (Å²) >= 11 is 0. The van der Waals surface area contributed by atoms with Gasteiger partial charge in [-0.1, -0.05) is 172 Å². The van der Waals surface area contributed by atoms with Crippen molar-refractivity contribution < 1.29 is 24.2 Å². The maximum absolute atomic E-state index is 12.2. The molecule has 0 spiro atoms. The highest BCUT2D eigenvalue weighted by Gasteiger charge is 2.16. The molecular weight excluding hydrogens is 572 g/mol. The van der Waals surface area contributed by atoms with E-state index >= 15 is 0 Å². The summed E-state index contributed by atoms with van der Waals surface area (Å²) in [5, 5.41) is 9.55. The van der Waals surface area contributed by atoms with Crippen molar-refractivity contribution in [1.82, 2.24) is 0 Å². The fraction of sp³-hybridized carbons (Fsp3) is 0.805. The van der Waals surface area contributed by atoms with Gasteiger partial charge in [0.1, 0.15) is 6.61 Å². The zero-order chi connectivity index (χ0) is 33.6. The molecule has 0 aromatic carbocycles. The second kappa shape index (κ2) is 37.6. The third-order valence-corrected chi connectivity index (χ3v) is 8.45. The number of esters is 2. The van der Waals surface area contributed by atoms with Crippen LogP contribution in [-0.2, 0) is 19.1 Å². The van der Waals surface area contributed by atoms with Crippen molar-refractivity contribution in [2.24, 2.45) is 0 Å². The average molecular weight is 647 g/mol. The maximum atomic E-state index is 12.2. The van der Waals surface area contributed by atoms with Crippen LogP contribution < -0.4 is 0 Å². The van der Waals surface area contributed by atoms with Crippen LogP contribution in [0.4, 0.5) is 0 Å². The van der Waals surface area contributed by atoms with E-state index < -0.39 is 6.10 Å². The van der Waals surface area contributed by atoms with Gasteiger partial charge in [-0.2, -0.15) is 0 Å². The molecule has 0 aromatic heterocycles. The number of aliphatic hydroxyl groups excluding tert-OH is 1. The number of allylic oxidation sites excluding steroid dienone is 6. The highest BCUT2D eigenvalue weighted by molar-refractivity contribution is 5.70. The van der Waals surface area contributed by atoms with Gasteiger partial charge in [0.2, 0.25) is 0 Å². The Morgan fingerprint density at radius 1 is 0.522 bits per heavy atom. The van der Waals surface area contributed by atoms with Crippen LogP contribution in [0.5, 0.6) is 0 Å². The van der Waals surface area contributed by atoms with Crippen molar-refractivity contribution in [1.29, 1.82) is 0 Å². The first-order chi connectivity index (χ1) is 22.6. The minimum Gasteiger partial charge on any atom is -0.462 e. The van der Waals surface area contributed by atoms with Gasteiger partial charge in [-0.25, -0.2) is 0 Å². The van der Waals surface area contributed by atoms with Gasteiger partial charge in [0.05, 0.1) is 6.61 Å². The first-order valence-corrected chi connectivity index (χ1v) is 19.5. The second-order valence-corrected chi connectivity index (χ2v) is 13.0. The molecule has 0 fully saturated rings. The molecule has 0 radical (unpaired) electrons. The fourth-order valence-electron chi connectivity index (χ4n) is 5.51. The molecule has 268 valence electrons. The van der Waals surface area contributed by atoms with Gasteiger partial charge in [0.25, 0.3) is 0 Å². The van der Waals surface area contributed by atoms with Crippen LogP contribution >= 0.6 is 0 Å². The quantitative estimate of drug-likeness (QED) is 0.0421. The number of aliphatic hydroxyl groups is 1. The first-order valence-electron chi connectivity index (χ1n) is 19.5. The molecule has 0 aliphatic rings. The zero-order valence-electron chi connectivity index (χ0n) is 30.3. The van der Waals surface area contributed by atoms with E-state index in [0.29, 0.717) is 12.8 Å². The number of rotatable bonds is 35. The van der Waals surface area contributed by atoms with Crippen molar-refractivity contribution >= 4 is 11.9 Å². The molecule has 5 nitrogen and oxygen atoms in total. The van der Waals surface area contributed by atoms with E-state index in [9.17, 15) is 14.7 Å². The summed E-state index contributed by atoms with van der Waals surface area (Å²) in [6, 6.07) is 0. The van der Waals surface area contributed by atoms with Gasteiger partial charge < -0.3 is 14.6 Å². The minimum atomic E-state index is -0.774. The number of carbonyl (C=O) groups excluding carboxylic acids is 2. The third-order valence-electron chi connectivity index (χ3n) is 8.45. The molecule has 0 bridgehead atoms. The van der Waals surface area contributed by atoms with Crippen molar-refractivity contribution in [3.05, 3.63) is 36.5 Å². The summed E-state index contributed by atoms with van der Waals surface area (Å²) in [5.74, 6) is -0.606. The van der Waals surface area contributed by atoms with E-state index in [1.165, 1.54) is 103 Å². The monoisotopic (exact) mass is 647 g/mol. The molecule has 0 aliphatic carbocycles. The van der Waals surface area contributed by atoms with Crippen molar-refractivity contribution in [3.8, 4) is 0 Å². The van der Waals surface area contributed by atoms with Crippen LogP contribution in [-0.4, -0.2) is 36.4 Å². The molecule has 0 unspecified atom stereocenters. The van der Waals surface area contributed by atoms with Crippen LogP contribution in [0.15, 0.2) is 36.5 Å². The van der Waals surface area contributed by atoms with Crippen LogP contribution in [0.25, 0.3) is 0 Å². The predicted molar refractivity (Wildman–Crippen MR) is 196 cm³/mol. The molecule has 0 heterocycles. The number of carbonyl (C=O) groups is 2. The van der Waals surface area contributed by atoms with Gasteiger partial charge >= 0.3 is 11.9 Å². The Balaban J connectivity index is 3.55. The fourth-order valence-corrected chi connectivity index (χ4v) is 5.51. The van der Waals surface area contributed by atoms with E-state index in [-0.39, 0.29) is 25.2 Å². The molecule has 0 aliphatic heterocycles. The Labute approximate surface area is 285 Å². The number of ether oxygens (including phenoxy) is 2. The highest BCUT2D eigenvalue weighted by Crippen LogP contribution is 2.15. The van der Waals surface area contributed by atoms with E-state index in [1.54, 1.807) is 0 Å². The van der Waals surface area contributed by atoms with Gasteiger partial charge in [-0.05, 0) is 44.9 Å². The molecule has 0 aromatic rings. The summed E-state index contributed by atoms with van der Waals surface area (Å²) in [6.45, 7) is 4.02. The molecule has 1 atom stereocenters. The Hall–Kier alpha value is -1.88. The molecule has 5 heteroatoms. The van der Waals surface area contributed by atoms with E-state index in [1.807, 2.05) is 0 Å². The van der Waals surface area contributed by atoms with Crippen LogP contribution in [0.1, 0.15) is 194 Å². The highest BCUT2D eigenvalue weighted by atomic mass is 16.6. The lowest BCUT2D eigenvalue weighted by molar-refractivity contribution is -0.161. The Bertz CT molecular complexity index is 741. The summed E-state index contributed by atoms with van der Waals surface area (Å²) in [4.78, 5) is 24.2. The summed E-state index contributed by atoms with van der Waals surface area (Å²) in [7, 11) is 0. The van der Waals surface area contributed by atoms with Crippen LogP contribution in [0, 0.1) is 0 Å². The first kappa shape index (κ1) is 44.1. The molecule has 0 saturated carbocycles. The van der Waals surface area contributed by atoms with E-state index in [0.717, 1.165) is 64.2 Å². The number of hydrogen-bond acceptors (Lipinski definition) is 5. The van der Waals surface area contributed by atoms with Gasteiger partial charge in [-0.15, -0.1) is 0 Å². The zero-order valence-corrected chi connectivity index (χ0v) is 30.3. The standard InChI is InChI=1S/C41H74O5/c1-3-5-7-9-11-13-15-17-19-20-22-24-26-28-30-32-34-36-41(44)46-39(37-42)38-45-40(43)35-33-31-29-27-25-23-21-18-16-14-12-10-8-6-4-2/h6,8,12,14,18,21,39,42H,3-5,7,9-11,13,15-17,19-20,22-38H2,1-2H3/b8-6-,14-12-,21-18-/t39-/m0/s1. The number of unbranched alkanes of at least 4 members (excludes halogenated alkanes) is 21. The van der Waals surface area contributed by atoms with Crippen molar-refractivity contribution in [2.75, 3.05) is 13.2 Å². The normalized spacial score (nSPS) is 12.5. The Morgan fingerprint density at radius 2 is 0.935 bits per heavy atom. The maximum Gasteiger partial charge on any atom is 0.306 e. The number of hydrogen-bond donors (Lipinski definition) is 1. The largest absolute Gasteiger partial charge is 0.462 e. The summed E-state index contributed by atoms with van der Waals surface area (Å²) in [5.41, 5.74) is 0. The van der Waals surface area contributed by atoms with Gasteiger partial charge in [0.15, 0.2) is 6.10 Å². The molecule has 0 amide bonds. The minimum absolute atomic E-state index is 0.0723. The SMILES string of the molecule is CC/C=C\C/C=C\C/C=C\CCCCCCCC(=O)OC[C@H](CO)OC(=O)CCCCCCCCCCCCCCCCCCC. The Kier molecular flexibility index (Phi) is 36.0. The predicted octanol–water partition coefficient (Wildman–Crippen LogP) is 12.1. The molecule has 1 N–H and O–H groups in total. The lowest BCUT2D eigenvalue weighted by Crippen LogP contribution is -2.28. The van der Waals surface area contributed by atoms with Crippen molar-refractivity contribution in [3.63, 3.8) is 0 Å².